The molecule has 1 amide bonds. The summed E-state index contributed by atoms with van der Waals surface area (Å²) in [5.41, 5.74) is 1.44. The van der Waals surface area contributed by atoms with Crippen LogP contribution in [0.2, 0.25) is 0 Å². The van der Waals surface area contributed by atoms with E-state index in [0.29, 0.717) is 16.7 Å². The third-order valence-corrected chi connectivity index (χ3v) is 3.75. The standard InChI is InChI=1S/C18H12F3N5O2/c19-18(20,21)10-24-16(27)13-5-6-15(23-8-13)26-17(28)14(9-25-26)12-3-1-11(7-22)2-4-12/h1-6,8-9,28H,10H2,(H,24,27). The van der Waals surface area contributed by atoms with Gasteiger partial charge in [-0.25, -0.2) is 4.98 Å². The first kappa shape index (κ1) is 18.9. The molecule has 2 aromatic heterocycles. The smallest absolute Gasteiger partial charge is 0.405 e. The van der Waals surface area contributed by atoms with Crippen LogP contribution in [0.4, 0.5) is 13.2 Å². The van der Waals surface area contributed by atoms with E-state index in [9.17, 15) is 23.1 Å². The van der Waals surface area contributed by atoms with Gasteiger partial charge in [0.05, 0.1) is 29.0 Å². The van der Waals surface area contributed by atoms with Crippen molar-refractivity contribution in [1.82, 2.24) is 20.1 Å². The van der Waals surface area contributed by atoms with E-state index in [1.54, 1.807) is 29.6 Å². The molecule has 0 aliphatic rings. The second-order valence-electron chi connectivity index (χ2n) is 5.69. The third kappa shape index (κ3) is 4.09. The molecule has 0 aliphatic heterocycles. The first-order chi connectivity index (χ1) is 13.3. The fourth-order valence-corrected chi connectivity index (χ4v) is 2.37. The first-order valence-corrected chi connectivity index (χ1v) is 7.87. The lowest BCUT2D eigenvalue weighted by Crippen LogP contribution is -2.33. The number of pyridine rings is 1. The molecule has 142 valence electrons. The molecule has 0 spiro atoms. The number of carbonyl (C=O) groups excluding carboxylic acids is 1. The third-order valence-electron chi connectivity index (χ3n) is 3.75. The average molecular weight is 387 g/mol. The van der Waals surface area contributed by atoms with Gasteiger partial charge in [-0.2, -0.15) is 28.2 Å². The van der Waals surface area contributed by atoms with E-state index in [1.807, 2.05) is 6.07 Å². The van der Waals surface area contributed by atoms with Crippen LogP contribution in [0.1, 0.15) is 15.9 Å². The maximum atomic E-state index is 12.2. The Bertz CT molecular complexity index is 1040. The second-order valence-corrected chi connectivity index (χ2v) is 5.69. The van der Waals surface area contributed by atoms with Crippen molar-refractivity contribution >= 4 is 5.91 Å². The second kappa shape index (κ2) is 7.40. The van der Waals surface area contributed by atoms with Crippen molar-refractivity contribution in [1.29, 1.82) is 5.26 Å². The number of carbonyl (C=O) groups is 1. The van der Waals surface area contributed by atoms with Crippen LogP contribution in [-0.2, 0) is 0 Å². The van der Waals surface area contributed by atoms with Crippen LogP contribution in [0.15, 0.2) is 48.8 Å². The van der Waals surface area contributed by atoms with E-state index < -0.39 is 18.6 Å². The van der Waals surface area contributed by atoms with Crippen LogP contribution < -0.4 is 5.32 Å². The average Bonchev–Trinajstić information content (AvgIpc) is 3.07. The lowest BCUT2D eigenvalue weighted by Gasteiger charge is -2.08. The molecule has 0 saturated heterocycles. The molecule has 2 heterocycles. The molecule has 0 saturated carbocycles. The highest BCUT2D eigenvalue weighted by atomic mass is 19.4. The number of aromatic hydroxyl groups is 1. The lowest BCUT2D eigenvalue weighted by atomic mass is 10.1. The Kier molecular flexibility index (Phi) is 5.00. The Morgan fingerprint density at radius 3 is 2.46 bits per heavy atom. The number of nitriles is 1. The Balaban J connectivity index is 1.80. The molecule has 7 nitrogen and oxygen atoms in total. The fraction of sp³-hybridized carbons (Fsp3) is 0.111. The fourth-order valence-electron chi connectivity index (χ4n) is 2.37. The minimum Gasteiger partial charge on any atom is -0.493 e. The summed E-state index contributed by atoms with van der Waals surface area (Å²) in [7, 11) is 0. The van der Waals surface area contributed by atoms with Crippen molar-refractivity contribution in [2.45, 2.75) is 6.18 Å². The topological polar surface area (TPSA) is 104 Å². The van der Waals surface area contributed by atoms with E-state index >= 15 is 0 Å². The van der Waals surface area contributed by atoms with Gasteiger partial charge >= 0.3 is 6.18 Å². The summed E-state index contributed by atoms with van der Waals surface area (Å²) in [5, 5.41) is 25.0. The molecule has 0 radical (unpaired) electrons. The molecule has 3 aromatic rings. The molecule has 10 heteroatoms. The van der Waals surface area contributed by atoms with E-state index in [1.165, 1.54) is 18.3 Å². The quantitative estimate of drug-likeness (QED) is 0.716. The molecule has 0 unspecified atom stereocenters. The van der Waals surface area contributed by atoms with Crippen molar-refractivity contribution < 1.29 is 23.1 Å². The molecule has 3 rings (SSSR count). The SMILES string of the molecule is N#Cc1ccc(-c2cnn(-c3ccc(C(=O)NCC(F)(F)F)cn3)c2O)cc1. The molecule has 1 aromatic carbocycles. The highest BCUT2D eigenvalue weighted by Gasteiger charge is 2.28. The number of halogens is 3. The van der Waals surface area contributed by atoms with Crippen LogP contribution in [0.5, 0.6) is 5.88 Å². The largest absolute Gasteiger partial charge is 0.493 e. The van der Waals surface area contributed by atoms with Crippen LogP contribution >= 0.6 is 0 Å². The summed E-state index contributed by atoms with van der Waals surface area (Å²) in [6.07, 6.45) is -2.02. The first-order valence-electron chi connectivity index (χ1n) is 7.87. The number of nitrogens with one attached hydrogen (secondary N) is 1. The van der Waals surface area contributed by atoms with Crippen molar-refractivity contribution in [3.8, 4) is 28.9 Å². The van der Waals surface area contributed by atoms with Gasteiger partial charge in [-0.1, -0.05) is 12.1 Å². The van der Waals surface area contributed by atoms with Crippen LogP contribution in [-0.4, -0.2) is 38.5 Å². The number of nitrogens with zero attached hydrogens (tertiary/aromatic N) is 4. The van der Waals surface area contributed by atoms with Gasteiger partial charge in [0, 0.05) is 6.20 Å². The number of hydrogen-bond donors (Lipinski definition) is 2. The zero-order valence-electron chi connectivity index (χ0n) is 14.1. The molecule has 0 fully saturated rings. The van der Waals surface area contributed by atoms with Gasteiger partial charge in [-0.15, -0.1) is 0 Å². The minimum absolute atomic E-state index is 0.0630. The lowest BCUT2D eigenvalue weighted by molar-refractivity contribution is -0.123. The molecule has 0 bridgehead atoms. The zero-order valence-corrected chi connectivity index (χ0v) is 14.1. The predicted molar refractivity (Wildman–Crippen MR) is 91.6 cm³/mol. The van der Waals surface area contributed by atoms with E-state index in [4.69, 9.17) is 5.26 Å². The van der Waals surface area contributed by atoms with Gasteiger partial charge in [0.15, 0.2) is 5.82 Å². The molecule has 0 atom stereocenters. The number of alkyl halides is 3. The zero-order chi connectivity index (χ0) is 20.3. The van der Waals surface area contributed by atoms with Gasteiger partial charge < -0.3 is 10.4 Å². The highest BCUT2D eigenvalue weighted by Crippen LogP contribution is 2.30. The van der Waals surface area contributed by atoms with E-state index in [-0.39, 0.29) is 17.3 Å². The monoisotopic (exact) mass is 387 g/mol. The predicted octanol–water partition coefficient (Wildman–Crippen LogP) is 2.80. The van der Waals surface area contributed by atoms with Gasteiger partial charge in [0.1, 0.15) is 6.54 Å². The Morgan fingerprint density at radius 1 is 1.18 bits per heavy atom. The Morgan fingerprint density at radius 2 is 1.89 bits per heavy atom. The molecular formula is C18H12F3N5O2. The normalized spacial score (nSPS) is 11.1. The number of rotatable bonds is 4. The number of aromatic nitrogens is 3. The van der Waals surface area contributed by atoms with Crippen molar-refractivity contribution in [3.63, 3.8) is 0 Å². The Hall–Kier alpha value is -3.87. The van der Waals surface area contributed by atoms with Gasteiger partial charge in [0.25, 0.3) is 5.91 Å². The van der Waals surface area contributed by atoms with Crippen LogP contribution in [0, 0.1) is 11.3 Å². The van der Waals surface area contributed by atoms with Crippen molar-refractivity contribution in [3.05, 3.63) is 59.9 Å². The molecule has 0 aliphatic carbocycles. The summed E-state index contributed by atoms with van der Waals surface area (Å²) >= 11 is 0. The maximum Gasteiger partial charge on any atom is 0.405 e. The Labute approximate surface area is 156 Å². The van der Waals surface area contributed by atoms with Crippen LogP contribution in [0.25, 0.3) is 16.9 Å². The van der Waals surface area contributed by atoms with Crippen molar-refractivity contribution in [2.24, 2.45) is 0 Å². The highest BCUT2D eigenvalue weighted by molar-refractivity contribution is 5.93. The van der Waals surface area contributed by atoms with Gasteiger partial charge in [-0.3, -0.25) is 4.79 Å². The summed E-state index contributed by atoms with van der Waals surface area (Å²) in [5.74, 6) is -0.962. The molecule has 2 N–H and O–H groups in total. The number of hydrogen-bond acceptors (Lipinski definition) is 5. The summed E-state index contributed by atoms with van der Waals surface area (Å²) in [6, 6.07) is 11.1. The number of amides is 1. The molecular weight excluding hydrogens is 375 g/mol. The summed E-state index contributed by atoms with van der Waals surface area (Å²) in [4.78, 5) is 15.7. The number of benzene rings is 1. The van der Waals surface area contributed by atoms with Gasteiger partial charge in [0.2, 0.25) is 5.88 Å². The van der Waals surface area contributed by atoms with E-state index in [2.05, 4.69) is 10.1 Å². The van der Waals surface area contributed by atoms with Crippen molar-refractivity contribution in [2.75, 3.05) is 6.54 Å². The maximum absolute atomic E-state index is 12.2. The van der Waals surface area contributed by atoms with E-state index in [0.717, 1.165) is 10.9 Å². The van der Waals surface area contributed by atoms with Gasteiger partial charge in [-0.05, 0) is 29.8 Å². The van der Waals surface area contributed by atoms with Crippen LogP contribution in [0.3, 0.4) is 0 Å². The summed E-state index contributed by atoms with van der Waals surface area (Å²) in [6.45, 7) is -1.44. The minimum atomic E-state index is -4.51. The summed E-state index contributed by atoms with van der Waals surface area (Å²) < 4.78 is 37.6. The molecule has 28 heavy (non-hydrogen) atoms.